The highest BCUT2D eigenvalue weighted by Crippen LogP contribution is 2.18. The molecule has 1 aliphatic carbocycles. The Labute approximate surface area is 183 Å². The zero-order valence-electron chi connectivity index (χ0n) is 16.3. The number of piperazine rings is 1. The maximum atomic E-state index is 13.0. The van der Waals surface area contributed by atoms with Crippen LogP contribution in [-0.2, 0) is 4.79 Å². The van der Waals surface area contributed by atoms with Gasteiger partial charge in [0.15, 0.2) is 5.96 Å². The largest absolute Gasteiger partial charge is 0.370 e. The summed E-state index contributed by atoms with van der Waals surface area (Å²) in [6.45, 7) is 3.57. The van der Waals surface area contributed by atoms with Gasteiger partial charge in [-0.2, -0.15) is 0 Å². The van der Waals surface area contributed by atoms with Gasteiger partial charge in [0.1, 0.15) is 5.82 Å². The first kappa shape index (κ1) is 22.7. The first-order chi connectivity index (χ1) is 13.1. The molecule has 0 aromatic heterocycles. The van der Waals surface area contributed by atoms with Gasteiger partial charge in [-0.3, -0.25) is 9.79 Å². The van der Waals surface area contributed by atoms with Crippen LogP contribution in [0.3, 0.4) is 0 Å². The van der Waals surface area contributed by atoms with Crippen molar-refractivity contribution in [1.29, 1.82) is 0 Å². The highest BCUT2D eigenvalue weighted by Gasteiger charge is 2.19. The fourth-order valence-corrected chi connectivity index (χ4v) is 3.76. The normalized spacial score (nSPS) is 18.5. The SMILES string of the molecule is I.NC(=NCCC(=O)NC1CCCCC1)N1CCN(c2ccc(F)cc2)CC1. The minimum absolute atomic E-state index is 0. The van der Waals surface area contributed by atoms with E-state index in [-0.39, 0.29) is 35.7 Å². The van der Waals surface area contributed by atoms with Crippen molar-refractivity contribution in [3.8, 4) is 0 Å². The van der Waals surface area contributed by atoms with Crippen LogP contribution < -0.4 is 16.0 Å². The van der Waals surface area contributed by atoms with Gasteiger partial charge >= 0.3 is 0 Å². The van der Waals surface area contributed by atoms with E-state index in [1.54, 1.807) is 12.1 Å². The molecule has 2 aliphatic rings. The minimum Gasteiger partial charge on any atom is -0.370 e. The third kappa shape index (κ3) is 6.79. The van der Waals surface area contributed by atoms with Gasteiger partial charge in [-0.25, -0.2) is 4.39 Å². The zero-order chi connectivity index (χ0) is 19.1. The van der Waals surface area contributed by atoms with E-state index in [0.717, 1.165) is 44.7 Å². The van der Waals surface area contributed by atoms with E-state index in [4.69, 9.17) is 5.73 Å². The van der Waals surface area contributed by atoms with Gasteiger partial charge in [-0.05, 0) is 37.1 Å². The molecule has 1 aromatic rings. The molecule has 1 saturated heterocycles. The van der Waals surface area contributed by atoms with Gasteiger partial charge in [-0.15, -0.1) is 24.0 Å². The van der Waals surface area contributed by atoms with Gasteiger partial charge in [0.25, 0.3) is 0 Å². The Kier molecular flexibility index (Phi) is 9.27. The first-order valence-corrected chi connectivity index (χ1v) is 9.96. The number of halogens is 2. The molecule has 3 rings (SSSR count). The van der Waals surface area contributed by atoms with Crippen molar-refractivity contribution in [3.05, 3.63) is 30.1 Å². The fourth-order valence-electron chi connectivity index (χ4n) is 3.76. The maximum absolute atomic E-state index is 13.0. The number of rotatable bonds is 5. The molecular weight excluding hydrogens is 472 g/mol. The van der Waals surface area contributed by atoms with Crippen LogP contribution in [-0.4, -0.2) is 55.5 Å². The molecule has 6 nitrogen and oxygen atoms in total. The Balaban J connectivity index is 0.00000280. The van der Waals surface area contributed by atoms with Crippen molar-refractivity contribution in [2.45, 2.75) is 44.6 Å². The third-order valence-electron chi connectivity index (χ3n) is 5.38. The number of guanidine groups is 1. The molecule has 2 fully saturated rings. The lowest BCUT2D eigenvalue weighted by atomic mass is 9.95. The molecule has 1 amide bonds. The predicted octanol–water partition coefficient (Wildman–Crippen LogP) is 2.72. The van der Waals surface area contributed by atoms with Crippen LogP contribution in [0.5, 0.6) is 0 Å². The molecule has 3 N–H and O–H groups in total. The Morgan fingerprint density at radius 2 is 1.75 bits per heavy atom. The van der Waals surface area contributed by atoms with E-state index in [9.17, 15) is 9.18 Å². The average molecular weight is 503 g/mol. The Bertz CT molecular complexity index is 641. The lowest BCUT2D eigenvalue weighted by Gasteiger charge is -2.36. The molecule has 1 aromatic carbocycles. The number of aliphatic imine (C=N–C) groups is 1. The predicted molar refractivity (Wildman–Crippen MR) is 122 cm³/mol. The molecule has 8 heteroatoms. The number of nitrogens with zero attached hydrogens (tertiary/aromatic N) is 3. The summed E-state index contributed by atoms with van der Waals surface area (Å²) >= 11 is 0. The van der Waals surface area contributed by atoms with E-state index in [1.165, 1.54) is 31.4 Å². The van der Waals surface area contributed by atoms with Crippen molar-refractivity contribution in [2.75, 3.05) is 37.6 Å². The summed E-state index contributed by atoms with van der Waals surface area (Å²) in [6, 6.07) is 6.90. The number of carbonyl (C=O) groups is 1. The summed E-state index contributed by atoms with van der Waals surface area (Å²) in [6.07, 6.45) is 6.26. The number of nitrogens with one attached hydrogen (secondary N) is 1. The Morgan fingerprint density at radius 3 is 2.39 bits per heavy atom. The van der Waals surface area contributed by atoms with Crippen LogP contribution in [0, 0.1) is 5.82 Å². The third-order valence-corrected chi connectivity index (χ3v) is 5.38. The molecule has 0 atom stereocenters. The Hall–Kier alpha value is -1.58. The number of anilines is 1. The first-order valence-electron chi connectivity index (χ1n) is 9.96. The van der Waals surface area contributed by atoms with Crippen molar-refractivity contribution in [1.82, 2.24) is 10.2 Å². The zero-order valence-corrected chi connectivity index (χ0v) is 18.6. The molecule has 1 aliphatic heterocycles. The summed E-state index contributed by atoms with van der Waals surface area (Å²) in [5.74, 6) is 0.347. The van der Waals surface area contributed by atoms with Crippen LogP contribution in [0.2, 0.25) is 0 Å². The van der Waals surface area contributed by atoms with Crippen molar-refractivity contribution in [2.24, 2.45) is 10.7 Å². The number of hydrogen-bond acceptors (Lipinski definition) is 3. The van der Waals surface area contributed by atoms with E-state index in [2.05, 4.69) is 15.2 Å². The molecule has 0 bridgehead atoms. The van der Waals surface area contributed by atoms with E-state index < -0.39 is 0 Å². The summed E-state index contributed by atoms with van der Waals surface area (Å²) in [4.78, 5) is 20.7. The number of benzene rings is 1. The summed E-state index contributed by atoms with van der Waals surface area (Å²) in [7, 11) is 0. The summed E-state index contributed by atoms with van der Waals surface area (Å²) in [5, 5.41) is 3.10. The van der Waals surface area contributed by atoms with Crippen LogP contribution in [0.4, 0.5) is 10.1 Å². The van der Waals surface area contributed by atoms with Gasteiger partial charge in [0.2, 0.25) is 5.91 Å². The quantitative estimate of drug-likeness (QED) is 0.368. The monoisotopic (exact) mass is 503 g/mol. The van der Waals surface area contributed by atoms with Gasteiger partial charge in [0, 0.05) is 44.3 Å². The van der Waals surface area contributed by atoms with Gasteiger partial charge in [0.05, 0.1) is 6.54 Å². The number of amides is 1. The number of hydrogen-bond donors (Lipinski definition) is 2. The lowest BCUT2D eigenvalue weighted by Crippen LogP contribution is -2.51. The maximum Gasteiger partial charge on any atom is 0.222 e. The van der Waals surface area contributed by atoms with Crippen LogP contribution in [0.1, 0.15) is 38.5 Å². The molecule has 1 saturated carbocycles. The van der Waals surface area contributed by atoms with Gasteiger partial charge < -0.3 is 20.9 Å². The number of nitrogens with two attached hydrogens (primary N) is 1. The topological polar surface area (TPSA) is 74.0 Å². The van der Waals surface area contributed by atoms with Crippen molar-refractivity contribution in [3.63, 3.8) is 0 Å². The number of carbonyl (C=O) groups excluding carboxylic acids is 1. The summed E-state index contributed by atoms with van der Waals surface area (Å²) < 4.78 is 13.0. The molecule has 0 unspecified atom stereocenters. The molecule has 156 valence electrons. The van der Waals surface area contributed by atoms with E-state index in [1.807, 2.05) is 4.90 Å². The van der Waals surface area contributed by atoms with Gasteiger partial charge in [-0.1, -0.05) is 19.3 Å². The second kappa shape index (κ2) is 11.4. The van der Waals surface area contributed by atoms with Crippen LogP contribution >= 0.6 is 24.0 Å². The van der Waals surface area contributed by atoms with Crippen molar-refractivity contribution < 1.29 is 9.18 Å². The molecule has 28 heavy (non-hydrogen) atoms. The molecular formula is C20H31FIN5O. The highest BCUT2D eigenvalue weighted by molar-refractivity contribution is 14.0. The summed E-state index contributed by atoms with van der Waals surface area (Å²) in [5.41, 5.74) is 7.12. The van der Waals surface area contributed by atoms with Crippen LogP contribution in [0.15, 0.2) is 29.3 Å². The smallest absolute Gasteiger partial charge is 0.222 e. The minimum atomic E-state index is -0.221. The molecule has 1 heterocycles. The molecule has 0 radical (unpaired) electrons. The molecule has 0 spiro atoms. The second-order valence-electron chi connectivity index (χ2n) is 7.34. The van der Waals surface area contributed by atoms with E-state index >= 15 is 0 Å². The van der Waals surface area contributed by atoms with Crippen molar-refractivity contribution >= 4 is 41.5 Å². The average Bonchev–Trinajstić information content (AvgIpc) is 2.69. The second-order valence-corrected chi connectivity index (χ2v) is 7.34. The Morgan fingerprint density at radius 1 is 1.11 bits per heavy atom. The lowest BCUT2D eigenvalue weighted by molar-refractivity contribution is -0.121. The van der Waals surface area contributed by atoms with Crippen LogP contribution in [0.25, 0.3) is 0 Å². The fraction of sp³-hybridized carbons (Fsp3) is 0.600. The standard InChI is InChI=1S/C20H30FN5O.HI/c21-16-6-8-18(9-7-16)25-12-14-26(15-13-25)20(22)23-11-10-19(27)24-17-4-2-1-3-5-17;/h6-9,17H,1-5,10-15H2,(H2,22,23)(H,24,27);1H. The highest BCUT2D eigenvalue weighted by atomic mass is 127. The van der Waals surface area contributed by atoms with E-state index in [0.29, 0.717) is 25.0 Å².